The number of nitrogens with zero attached hydrogens (tertiary/aromatic N) is 4. The number of hydrogen-bond donors (Lipinski definition) is 1. The number of fused-ring (bicyclic) bond motifs is 3. The van der Waals surface area contributed by atoms with E-state index in [9.17, 15) is 4.79 Å². The van der Waals surface area contributed by atoms with Crippen molar-refractivity contribution in [2.24, 2.45) is 0 Å². The highest BCUT2D eigenvalue weighted by Crippen LogP contribution is 2.39. The third-order valence-electron chi connectivity index (χ3n) is 6.05. The molecule has 33 heavy (non-hydrogen) atoms. The summed E-state index contributed by atoms with van der Waals surface area (Å²) in [5.74, 6) is 1.74. The Balaban J connectivity index is 1.74. The molecule has 0 bridgehead atoms. The van der Waals surface area contributed by atoms with Crippen LogP contribution in [0.5, 0.6) is 5.75 Å². The minimum absolute atomic E-state index is 0.144. The summed E-state index contributed by atoms with van der Waals surface area (Å²) in [5, 5.41) is 7.69. The summed E-state index contributed by atoms with van der Waals surface area (Å²) in [5.41, 5.74) is 4.87. The highest BCUT2D eigenvalue weighted by atomic mass is 16.5. The van der Waals surface area contributed by atoms with E-state index in [4.69, 9.17) is 9.84 Å². The number of urea groups is 1. The first-order chi connectivity index (χ1) is 16.1. The molecule has 1 aliphatic heterocycles. The van der Waals surface area contributed by atoms with Crippen molar-refractivity contribution in [2.45, 2.75) is 26.4 Å². The second kappa shape index (κ2) is 8.50. The van der Waals surface area contributed by atoms with Gasteiger partial charge in [-0.1, -0.05) is 30.3 Å². The molecule has 0 saturated heterocycles. The maximum absolute atomic E-state index is 13.2. The standard InChI is InChI=1S/C26H27N5O2/c1-4-33-21-13-8-10-19(16-21)24-23-14-9-15-29(23)25-22(17-30(24)26(32)27-3)18(2)28-31(25)20-11-6-5-7-12-20/h5-16,24H,4,17H2,1-3H3,(H,27,32)/t24-/m0/s1. The molecule has 7 heteroatoms. The van der Waals surface area contributed by atoms with Gasteiger partial charge in [-0.15, -0.1) is 0 Å². The summed E-state index contributed by atoms with van der Waals surface area (Å²) in [6, 6.07) is 21.7. The average Bonchev–Trinajstić information content (AvgIpc) is 3.40. The van der Waals surface area contributed by atoms with Gasteiger partial charge in [0.1, 0.15) is 11.6 Å². The fraction of sp³-hybridized carbons (Fsp3) is 0.231. The lowest BCUT2D eigenvalue weighted by atomic mass is 10.0. The Hall–Kier alpha value is -4.00. The third-order valence-corrected chi connectivity index (χ3v) is 6.05. The zero-order chi connectivity index (χ0) is 22.9. The molecule has 168 valence electrons. The molecule has 0 spiro atoms. The quantitative estimate of drug-likeness (QED) is 0.503. The molecule has 1 N–H and O–H groups in total. The molecule has 0 unspecified atom stereocenters. The van der Waals surface area contributed by atoms with Crippen LogP contribution in [0, 0.1) is 6.92 Å². The van der Waals surface area contributed by atoms with Gasteiger partial charge >= 0.3 is 6.03 Å². The molecule has 1 atom stereocenters. The average molecular weight is 442 g/mol. The van der Waals surface area contributed by atoms with Gasteiger partial charge in [-0.05, 0) is 55.8 Å². The summed E-state index contributed by atoms with van der Waals surface area (Å²) in [7, 11) is 1.67. The zero-order valence-electron chi connectivity index (χ0n) is 19.0. The fourth-order valence-electron chi connectivity index (χ4n) is 4.58. The molecule has 2 aromatic heterocycles. The zero-order valence-corrected chi connectivity index (χ0v) is 19.0. The summed E-state index contributed by atoms with van der Waals surface area (Å²) < 4.78 is 9.89. The van der Waals surface area contributed by atoms with Crippen LogP contribution in [0.4, 0.5) is 4.79 Å². The largest absolute Gasteiger partial charge is 0.494 e. The van der Waals surface area contributed by atoms with E-state index in [2.05, 4.69) is 16.0 Å². The first kappa shape index (κ1) is 20.9. The van der Waals surface area contributed by atoms with Gasteiger partial charge in [0.15, 0.2) is 0 Å². The number of carbonyl (C=O) groups excluding carboxylic acids is 1. The lowest BCUT2D eigenvalue weighted by Crippen LogP contribution is -2.40. The molecule has 5 rings (SSSR count). The number of benzene rings is 2. The van der Waals surface area contributed by atoms with Crippen LogP contribution in [0.3, 0.4) is 0 Å². The highest BCUT2D eigenvalue weighted by molar-refractivity contribution is 5.75. The Morgan fingerprint density at radius 2 is 1.94 bits per heavy atom. The molecular weight excluding hydrogens is 414 g/mol. The molecule has 3 heterocycles. The van der Waals surface area contributed by atoms with Crippen LogP contribution in [-0.2, 0) is 6.54 Å². The third kappa shape index (κ3) is 3.55. The van der Waals surface area contributed by atoms with Crippen LogP contribution < -0.4 is 10.1 Å². The van der Waals surface area contributed by atoms with Gasteiger partial charge in [-0.3, -0.25) is 0 Å². The van der Waals surface area contributed by atoms with Crippen molar-refractivity contribution in [3.63, 3.8) is 0 Å². The summed E-state index contributed by atoms with van der Waals surface area (Å²) >= 11 is 0. The molecule has 2 aromatic carbocycles. The number of aromatic nitrogens is 3. The Bertz CT molecular complexity index is 1290. The molecule has 4 aromatic rings. The minimum Gasteiger partial charge on any atom is -0.494 e. The molecule has 1 aliphatic rings. The predicted molar refractivity (Wildman–Crippen MR) is 127 cm³/mol. The number of para-hydroxylation sites is 1. The van der Waals surface area contributed by atoms with Crippen molar-refractivity contribution in [3.8, 4) is 17.3 Å². The van der Waals surface area contributed by atoms with E-state index in [0.717, 1.165) is 39.8 Å². The number of carbonyl (C=O) groups is 1. The van der Waals surface area contributed by atoms with Gasteiger partial charge in [0.05, 0.1) is 36.3 Å². The summed E-state index contributed by atoms with van der Waals surface area (Å²) in [4.78, 5) is 15.1. The first-order valence-corrected chi connectivity index (χ1v) is 11.1. The van der Waals surface area contributed by atoms with Gasteiger partial charge in [-0.25, -0.2) is 9.48 Å². The topological polar surface area (TPSA) is 64.3 Å². The molecule has 2 amide bonds. The van der Waals surface area contributed by atoms with E-state index in [0.29, 0.717) is 13.2 Å². The van der Waals surface area contributed by atoms with Crippen LogP contribution in [0.25, 0.3) is 11.5 Å². The minimum atomic E-state index is -0.295. The maximum Gasteiger partial charge on any atom is 0.318 e. The van der Waals surface area contributed by atoms with Gasteiger partial charge in [0, 0.05) is 18.8 Å². The number of rotatable bonds is 4. The maximum atomic E-state index is 13.2. The van der Waals surface area contributed by atoms with Crippen molar-refractivity contribution in [2.75, 3.05) is 13.7 Å². The Morgan fingerprint density at radius 3 is 2.70 bits per heavy atom. The van der Waals surface area contributed by atoms with Crippen LogP contribution in [-0.4, -0.2) is 38.9 Å². The monoisotopic (exact) mass is 441 g/mol. The van der Waals surface area contributed by atoms with Crippen molar-refractivity contribution in [3.05, 3.63) is 95.4 Å². The predicted octanol–water partition coefficient (Wildman–Crippen LogP) is 4.61. The van der Waals surface area contributed by atoms with Crippen LogP contribution >= 0.6 is 0 Å². The van der Waals surface area contributed by atoms with E-state index in [1.807, 2.05) is 90.3 Å². The van der Waals surface area contributed by atoms with E-state index in [1.165, 1.54) is 0 Å². The fourth-order valence-corrected chi connectivity index (χ4v) is 4.58. The molecular formula is C26H27N5O2. The van der Waals surface area contributed by atoms with Crippen LogP contribution in [0.1, 0.15) is 35.5 Å². The number of ether oxygens (including phenoxy) is 1. The Labute approximate surface area is 193 Å². The Kier molecular flexibility index (Phi) is 5.38. The van der Waals surface area contributed by atoms with Gasteiger partial charge in [-0.2, -0.15) is 5.10 Å². The van der Waals surface area contributed by atoms with Gasteiger partial charge < -0.3 is 19.5 Å². The molecule has 0 radical (unpaired) electrons. The van der Waals surface area contributed by atoms with Crippen molar-refractivity contribution in [1.29, 1.82) is 0 Å². The Morgan fingerprint density at radius 1 is 1.12 bits per heavy atom. The van der Waals surface area contributed by atoms with Crippen molar-refractivity contribution >= 4 is 6.03 Å². The van der Waals surface area contributed by atoms with Crippen LogP contribution in [0.2, 0.25) is 0 Å². The molecule has 0 saturated carbocycles. The number of nitrogens with one attached hydrogen (secondary N) is 1. The van der Waals surface area contributed by atoms with E-state index < -0.39 is 0 Å². The smallest absolute Gasteiger partial charge is 0.318 e. The van der Waals surface area contributed by atoms with E-state index in [1.54, 1.807) is 7.05 Å². The number of hydrogen-bond acceptors (Lipinski definition) is 3. The van der Waals surface area contributed by atoms with Crippen LogP contribution in [0.15, 0.2) is 72.9 Å². The SMILES string of the molecule is CCOc1cccc([C@H]2c3cccn3-c3c(c(C)nn3-c3ccccc3)CN2C(=O)NC)c1. The number of aryl methyl sites for hydroxylation is 1. The van der Waals surface area contributed by atoms with Gasteiger partial charge in [0.2, 0.25) is 0 Å². The second-order valence-electron chi connectivity index (χ2n) is 8.03. The van der Waals surface area contributed by atoms with Crippen molar-refractivity contribution in [1.82, 2.24) is 24.6 Å². The van der Waals surface area contributed by atoms with E-state index in [-0.39, 0.29) is 12.1 Å². The normalized spacial score (nSPS) is 14.9. The second-order valence-corrected chi connectivity index (χ2v) is 8.03. The lowest BCUT2D eigenvalue weighted by molar-refractivity contribution is 0.182. The first-order valence-electron chi connectivity index (χ1n) is 11.1. The molecule has 7 nitrogen and oxygen atoms in total. The van der Waals surface area contributed by atoms with E-state index >= 15 is 0 Å². The molecule has 0 fully saturated rings. The summed E-state index contributed by atoms with van der Waals surface area (Å²) in [6.07, 6.45) is 2.04. The van der Waals surface area contributed by atoms with Crippen molar-refractivity contribution < 1.29 is 9.53 Å². The highest BCUT2D eigenvalue weighted by Gasteiger charge is 2.35. The van der Waals surface area contributed by atoms with Gasteiger partial charge in [0.25, 0.3) is 0 Å². The number of amides is 2. The lowest BCUT2D eigenvalue weighted by Gasteiger charge is -2.30. The molecule has 0 aliphatic carbocycles. The summed E-state index contributed by atoms with van der Waals surface area (Å²) in [6.45, 7) is 4.98.